The average Bonchev–Trinajstić information content (AvgIpc) is 2.10. The highest BCUT2D eigenvalue weighted by Crippen LogP contribution is 2.17. The Balaban J connectivity index is 3.15. The third-order valence-corrected chi connectivity index (χ3v) is 1.73. The molecule has 1 unspecified atom stereocenters. The van der Waals surface area contributed by atoms with Crippen LogP contribution in [0.1, 0.15) is 18.5 Å². The Kier molecular flexibility index (Phi) is 2.87. The Hall–Kier alpha value is -1.10. The zero-order chi connectivity index (χ0) is 10.0. The number of hydrogen-bond donors (Lipinski definition) is 1. The van der Waals surface area contributed by atoms with Crippen LogP contribution in [-0.4, -0.2) is 11.5 Å². The van der Waals surface area contributed by atoms with Gasteiger partial charge in [0.25, 0.3) is 0 Å². The first-order valence-corrected chi connectivity index (χ1v) is 3.77. The molecule has 2 nitrogen and oxygen atoms in total. The lowest BCUT2D eigenvalue weighted by Crippen LogP contribution is -2.13. The number of hydrogen-bond acceptors (Lipinski definition) is 2. The van der Waals surface area contributed by atoms with E-state index in [1.807, 2.05) is 0 Å². The van der Waals surface area contributed by atoms with Gasteiger partial charge in [-0.2, -0.15) is 4.39 Å². The van der Waals surface area contributed by atoms with Crippen molar-refractivity contribution in [3.63, 3.8) is 0 Å². The zero-order valence-corrected chi connectivity index (χ0v) is 7.02. The molecule has 0 aliphatic carbocycles. The van der Waals surface area contributed by atoms with Crippen LogP contribution in [0.2, 0.25) is 0 Å². The molecular formula is C8H9F3N2. The molecule has 0 saturated carbocycles. The molecule has 0 fully saturated rings. The van der Waals surface area contributed by atoms with E-state index in [4.69, 9.17) is 5.73 Å². The largest absolute Gasteiger partial charge is 0.330 e. The predicted molar refractivity (Wildman–Crippen MR) is 41.6 cm³/mol. The lowest BCUT2D eigenvalue weighted by molar-refractivity contribution is 0.450. The van der Waals surface area contributed by atoms with E-state index in [9.17, 15) is 13.2 Å². The van der Waals surface area contributed by atoms with Gasteiger partial charge in [-0.15, -0.1) is 0 Å². The van der Waals surface area contributed by atoms with Gasteiger partial charge in [0.2, 0.25) is 5.95 Å². The van der Waals surface area contributed by atoms with E-state index in [1.54, 1.807) is 6.92 Å². The van der Waals surface area contributed by atoms with Gasteiger partial charge in [-0.05, 0) is 0 Å². The second-order valence-electron chi connectivity index (χ2n) is 2.76. The molecule has 2 N–H and O–H groups in total. The summed E-state index contributed by atoms with van der Waals surface area (Å²) in [5.41, 5.74) is 5.10. The van der Waals surface area contributed by atoms with Gasteiger partial charge in [0, 0.05) is 18.5 Å². The fourth-order valence-electron chi connectivity index (χ4n) is 0.915. The van der Waals surface area contributed by atoms with Crippen molar-refractivity contribution in [2.45, 2.75) is 12.8 Å². The van der Waals surface area contributed by atoms with Crippen molar-refractivity contribution in [3.05, 3.63) is 29.3 Å². The normalized spacial score (nSPS) is 13.0. The fraction of sp³-hybridized carbons (Fsp3) is 0.375. The van der Waals surface area contributed by atoms with E-state index in [1.165, 1.54) is 0 Å². The molecule has 1 atom stereocenters. The maximum atomic E-state index is 12.9. The van der Waals surface area contributed by atoms with Crippen molar-refractivity contribution in [2.75, 3.05) is 6.54 Å². The molecule has 0 bridgehead atoms. The smallest absolute Gasteiger partial charge is 0.249 e. The van der Waals surface area contributed by atoms with Gasteiger partial charge >= 0.3 is 0 Å². The second kappa shape index (κ2) is 3.74. The Labute approximate surface area is 73.6 Å². The van der Waals surface area contributed by atoms with Crippen molar-refractivity contribution < 1.29 is 13.2 Å². The number of rotatable bonds is 2. The average molecular weight is 190 g/mol. The standard InChI is InChI=1S/C8H9F3N2/c1-4(3-12)7-5(9)2-6(10)8(11)13-7/h2,4H,3,12H2,1H3. The van der Waals surface area contributed by atoms with Crippen LogP contribution in [0.5, 0.6) is 0 Å². The summed E-state index contributed by atoms with van der Waals surface area (Å²) < 4.78 is 37.9. The fourth-order valence-corrected chi connectivity index (χ4v) is 0.915. The highest BCUT2D eigenvalue weighted by atomic mass is 19.2. The van der Waals surface area contributed by atoms with Crippen molar-refractivity contribution in [1.29, 1.82) is 0 Å². The zero-order valence-electron chi connectivity index (χ0n) is 7.02. The Morgan fingerprint density at radius 1 is 1.38 bits per heavy atom. The topological polar surface area (TPSA) is 38.9 Å². The Morgan fingerprint density at radius 3 is 2.54 bits per heavy atom. The maximum absolute atomic E-state index is 12.9. The number of halogens is 3. The van der Waals surface area contributed by atoms with Crippen LogP contribution < -0.4 is 5.73 Å². The summed E-state index contributed by atoms with van der Waals surface area (Å²) >= 11 is 0. The van der Waals surface area contributed by atoms with E-state index >= 15 is 0 Å². The summed E-state index contributed by atoms with van der Waals surface area (Å²) in [6.45, 7) is 1.72. The third kappa shape index (κ3) is 1.98. The van der Waals surface area contributed by atoms with Gasteiger partial charge in [0.05, 0.1) is 5.69 Å². The molecule has 5 heteroatoms. The minimum absolute atomic E-state index is 0.134. The van der Waals surface area contributed by atoms with Gasteiger partial charge in [-0.3, -0.25) is 0 Å². The first-order valence-electron chi connectivity index (χ1n) is 3.77. The molecule has 0 aliphatic heterocycles. The molecule has 1 rings (SSSR count). The van der Waals surface area contributed by atoms with Gasteiger partial charge in [-0.1, -0.05) is 6.92 Å². The molecule has 0 aliphatic rings. The summed E-state index contributed by atoms with van der Waals surface area (Å²) in [6.07, 6.45) is 0. The minimum Gasteiger partial charge on any atom is -0.330 e. The maximum Gasteiger partial charge on any atom is 0.249 e. The summed E-state index contributed by atoms with van der Waals surface area (Å²) in [4.78, 5) is 3.15. The molecule has 0 aromatic carbocycles. The molecule has 1 aromatic rings. The highest BCUT2D eigenvalue weighted by Gasteiger charge is 2.15. The molecule has 0 radical (unpaired) electrons. The monoisotopic (exact) mass is 190 g/mol. The van der Waals surface area contributed by atoms with Gasteiger partial charge in [0.1, 0.15) is 5.82 Å². The summed E-state index contributed by atoms with van der Waals surface area (Å²) in [6, 6.07) is 0.476. The summed E-state index contributed by atoms with van der Waals surface area (Å²) in [7, 11) is 0. The summed E-state index contributed by atoms with van der Waals surface area (Å²) in [5, 5.41) is 0. The lowest BCUT2D eigenvalue weighted by Gasteiger charge is -2.08. The Morgan fingerprint density at radius 2 is 2.00 bits per heavy atom. The summed E-state index contributed by atoms with van der Waals surface area (Å²) in [5.74, 6) is -3.87. The molecule has 0 saturated heterocycles. The quantitative estimate of drug-likeness (QED) is 0.719. The van der Waals surface area contributed by atoms with Crippen molar-refractivity contribution in [2.24, 2.45) is 5.73 Å². The molecule has 1 aromatic heterocycles. The SMILES string of the molecule is CC(CN)c1nc(F)c(F)cc1F. The third-order valence-electron chi connectivity index (χ3n) is 1.73. The lowest BCUT2D eigenvalue weighted by atomic mass is 10.1. The van der Waals surface area contributed by atoms with E-state index in [0.717, 1.165) is 0 Å². The van der Waals surface area contributed by atoms with E-state index in [0.29, 0.717) is 6.07 Å². The second-order valence-corrected chi connectivity index (χ2v) is 2.76. The molecule has 0 amide bonds. The number of pyridine rings is 1. The molecule has 1 heterocycles. The molecule has 72 valence electrons. The predicted octanol–water partition coefficient (Wildman–Crippen LogP) is 1.56. The van der Waals surface area contributed by atoms with Crippen LogP contribution in [0.3, 0.4) is 0 Å². The van der Waals surface area contributed by atoms with Gasteiger partial charge in [-0.25, -0.2) is 13.8 Å². The first-order chi connectivity index (χ1) is 6.06. The highest BCUT2D eigenvalue weighted by molar-refractivity contribution is 5.13. The van der Waals surface area contributed by atoms with Crippen molar-refractivity contribution in [3.8, 4) is 0 Å². The van der Waals surface area contributed by atoms with Crippen LogP contribution in [0.4, 0.5) is 13.2 Å². The Bertz CT molecular complexity index is 315. The number of aromatic nitrogens is 1. The molecular weight excluding hydrogens is 181 g/mol. The van der Waals surface area contributed by atoms with Crippen LogP contribution in [0.15, 0.2) is 6.07 Å². The van der Waals surface area contributed by atoms with E-state index in [-0.39, 0.29) is 12.2 Å². The molecule has 0 spiro atoms. The molecule has 13 heavy (non-hydrogen) atoms. The van der Waals surface area contributed by atoms with E-state index in [2.05, 4.69) is 4.98 Å². The minimum atomic E-state index is -1.29. The van der Waals surface area contributed by atoms with Crippen LogP contribution in [0.25, 0.3) is 0 Å². The first kappa shape index (κ1) is 9.98. The van der Waals surface area contributed by atoms with Crippen molar-refractivity contribution in [1.82, 2.24) is 4.98 Å². The van der Waals surface area contributed by atoms with Gasteiger partial charge < -0.3 is 5.73 Å². The van der Waals surface area contributed by atoms with Crippen LogP contribution >= 0.6 is 0 Å². The number of nitrogens with zero attached hydrogens (tertiary/aromatic N) is 1. The number of nitrogens with two attached hydrogens (primary N) is 1. The van der Waals surface area contributed by atoms with E-state index < -0.39 is 23.5 Å². The van der Waals surface area contributed by atoms with Crippen molar-refractivity contribution >= 4 is 0 Å². The van der Waals surface area contributed by atoms with Gasteiger partial charge in [0.15, 0.2) is 5.82 Å². The van der Waals surface area contributed by atoms with Crippen LogP contribution in [0, 0.1) is 17.6 Å². The van der Waals surface area contributed by atoms with Crippen LogP contribution in [-0.2, 0) is 0 Å².